The van der Waals surface area contributed by atoms with Gasteiger partial charge in [-0.1, -0.05) is 0 Å². The van der Waals surface area contributed by atoms with Gasteiger partial charge in [0.15, 0.2) is 17.4 Å². The van der Waals surface area contributed by atoms with E-state index < -0.39 is 54.8 Å². The number of fused-ring (bicyclic) bond motifs is 2. The maximum atomic E-state index is 13.3. The van der Waals surface area contributed by atoms with Crippen LogP contribution in [0.2, 0.25) is 0 Å². The van der Waals surface area contributed by atoms with Crippen LogP contribution < -0.4 is 11.3 Å². The molecule has 1 aliphatic heterocycles. The third-order valence-corrected chi connectivity index (χ3v) is 5.84. The highest BCUT2D eigenvalue weighted by Crippen LogP contribution is 2.31. The normalized spacial score (nSPS) is 25.6. The molecule has 174 valence electrons. The summed E-state index contributed by atoms with van der Waals surface area (Å²) in [5.41, 5.74) is 5.83. The molecule has 0 bridgehead atoms. The first-order valence-electron chi connectivity index (χ1n) is 9.80. The van der Waals surface area contributed by atoms with Gasteiger partial charge in [0.2, 0.25) is 5.78 Å². The second-order valence-electron chi connectivity index (χ2n) is 7.83. The van der Waals surface area contributed by atoms with Crippen LogP contribution in [0, 0.1) is 6.92 Å². The number of carboxylic acid groups (broad SMARTS) is 1. The predicted octanol–water partition coefficient (Wildman–Crippen LogP) is -3.38. The van der Waals surface area contributed by atoms with Crippen LogP contribution in [-0.4, -0.2) is 92.1 Å². The summed E-state index contributed by atoms with van der Waals surface area (Å²) in [4.78, 5) is 32.9. The maximum Gasteiger partial charge on any atom is 0.323 e. The molecule has 1 fully saturated rings. The van der Waals surface area contributed by atoms with Gasteiger partial charge >= 0.3 is 5.97 Å². The quantitative estimate of drug-likeness (QED) is 0.217. The standard InChI is InChI=1S/C18H24N6O8/c1-6-7(3-8(26)10(19)17(30)31)24-15(29)11-14(22(2)18(24)21-6)23(5-20-11)16-13(28)12(27)9(4-25)32-16/h5,8-10,12-13,16,25-28H,3-4,19H2,1-2H3,(H,30,31)/t8?,9-,10+,12-,13-,16-/m1/s1. The average Bonchev–Trinajstić information content (AvgIpc) is 3.41. The van der Waals surface area contributed by atoms with E-state index in [1.807, 2.05) is 0 Å². The number of aliphatic carboxylic acids is 1. The summed E-state index contributed by atoms with van der Waals surface area (Å²) in [6, 6.07) is -1.54. The summed E-state index contributed by atoms with van der Waals surface area (Å²) >= 11 is 0. The molecule has 14 nitrogen and oxygen atoms in total. The van der Waals surface area contributed by atoms with Gasteiger partial charge in [0.25, 0.3) is 5.56 Å². The van der Waals surface area contributed by atoms with E-state index in [2.05, 4.69) is 9.97 Å². The summed E-state index contributed by atoms with van der Waals surface area (Å²) in [6.45, 7) is 1.10. The summed E-state index contributed by atoms with van der Waals surface area (Å²) in [5.74, 6) is -1.20. The van der Waals surface area contributed by atoms with Gasteiger partial charge in [-0.3, -0.25) is 18.7 Å². The van der Waals surface area contributed by atoms with Crippen molar-refractivity contribution in [2.45, 2.75) is 50.0 Å². The Morgan fingerprint density at radius 2 is 2.03 bits per heavy atom. The van der Waals surface area contributed by atoms with Crippen LogP contribution in [0.1, 0.15) is 17.6 Å². The lowest BCUT2D eigenvalue weighted by atomic mass is 10.1. The first kappa shape index (κ1) is 22.3. The Labute approximate surface area is 179 Å². The number of aliphatic hydroxyl groups is 4. The Bertz CT molecular complexity index is 1250. The molecular weight excluding hydrogens is 428 g/mol. The fraction of sp³-hybridized carbons (Fsp3) is 0.556. The molecule has 4 rings (SSSR count). The maximum absolute atomic E-state index is 13.3. The highest BCUT2D eigenvalue weighted by molar-refractivity contribution is 5.74. The van der Waals surface area contributed by atoms with Gasteiger partial charge in [-0.2, -0.15) is 0 Å². The Balaban J connectivity index is 1.86. The fourth-order valence-corrected chi connectivity index (χ4v) is 4.05. The first-order valence-corrected chi connectivity index (χ1v) is 9.80. The van der Waals surface area contributed by atoms with Gasteiger partial charge in [0.1, 0.15) is 24.4 Å². The first-order chi connectivity index (χ1) is 15.1. The van der Waals surface area contributed by atoms with Crippen LogP contribution in [-0.2, 0) is 23.0 Å². The number of aryl methyl sites for hydroxylation is 2. The summed E-state index contributed by atoms with van der Waals surface area (Å²) in [6.07, 6.45) is -5.23. The number of carbonyl (C=O) groups is 1. The zero-order chi connectivity index (χ0) is 23.5. The molecule has 1 saturated heterocycles. The zero-order valence-corrected chi connectivity index (χ0v) is 17.2. The third kappa shape index (κ3) is 3.19. The van der Waals surface area contributed by atoms with E-state index in [-0.39, 0.29) is 29.1 Å². The molecule has 1 unspecified atom stereocenters. The van der Waals surface area contributed by atoms with Crippen LogP contribution in [0.5, 0.6) is 0 Å². The molecule has 0 aliphatic carbocycles. The van der Waals surface area contributed by atoms with E-state index in [1.54, 1.807) is 14.0 Å². The number of rotatable bonds is 6. The lowest BCUT2D eigenvalue weighted by molar-refractivity contribution is -0.141. The van der Waals surface area contributed by atoms with Crippen LogP contribution in [0.25, 0.3) is 16.9 Å². The Morgan fingerprint density at radius 1 is 1.34 bits per heavy atom. The van der Waals surface area contributed by atoms with Crippen molar-refractivity contribution in [3.63, 3.8) is 0 Å². The second kappa shape index (κ2) is 7.91. The van der Waals surface area contributed by atoms with E-state index in [4.69, 9.17) is 15.6 Å². The number of hydrogen-bond donors (Lipinski definition) is 6. The monoisotopic (exact) mass is 452 g/mol. The van der Waals surface area contributed by atoms with Gasteiger partial charge < -0.3 is 36.0 Å². The molecule has 6 atom stereocenters. The third-order valence-electron chi connectivity index (χ3n) is 5.84. The molecule has 4 heterocycles. The van der Waals surface area contributed by atoms with Crippen molar-refractivity contribution < 1.29 is 35.1 Å². The number of hydrogen-bond acceptors (Lipinski definition) is 10. The Hall–Kier alpha value is -2.88. The molecule has 3 aromatic rings. The van der Waals surface area contributed by atoms with E-state index >= 15 is 0 Å². The number of ether oxygens (including phenoxy) is 1. The molecule has 7 N–H and O–H groups in total. The minimum absolute atomic E-state index is 0.00610. The molecular formula is C18H24N6O8. The average molecular weight is 452 g/mol. The minimum Gasteiger partial charge on any atom is -0.480 e. The van der Waals surface area contributed by atoms with E-state index in [9.17, 15) is 30.0 Å². The van der Waals surface area contributed by atoms with Crippen molar-refractivity contribution in [2.75, 3.05) is 6.61 Å². The smallest absolute Gasteiger partial charge is 0.323 e. The number of aromatic nitrogens is 5. The molecule has 3 aromatic heterocycles. The van der Waals surface area contributed by atoms with Gasteiger partial charge in [-0.15, -0.1) is 0 Å². The molecule has 14 heteroatoms. The SMILES string of the molecule is Cc1nc2n(C)c3c(ncn3[C@@H]3O[C@H](CO)[C@@H](O)[C@H]3O)c(=O)n2c1CC(O)[C@H](N)C(=O)O. The second-order valence-corrected chi connectivity index (χ2v) is 7.83. The summed E-state index contributed by atoms with van der Waals surface area (Å²) in [7, 11) is 1.60. The van der Waals surface area contributed by atoms with E-state index in [0.717, 1.165) is 0 Å². The molecule has 0 spiro atoms. The van der Waals surface area contributed by atoms with Crippen molar-refractivity contribution >= 4 is 22.9 Å². The Morgan fingerprint density at radius 3 is 2.62 bits per heavy atom. The molecule has 0 aromatic carbocycles. The van der Waals surface area contributed by atoms with Crippen LogP contribution >= 0.6 is 0 Å². The lowest BCUT2D eigenvalue weighted by Crippen LogP contribution is -2.43. The molecule has 1 aliphatic rings. The van der Waals surface area contributed by atoms with Gasteiger partial charge in [-0.05, 0) is 6.92 Å². The van der Waals surface area contributed by atoms with Crippen LogP contribution in [0.3, 0.4) is 0 Å². The number of nitrogens with zero attached hydrogens (tertiary/aromatic N) is 5. The fourth-order valence-electron chi connectivity index (χ4n) is 4.05. The van der Waals surface area contributed by atoms with Crippen molar-refractivity contribution in [3.05, 3.63) is 28.1 Å². The van der Waals surface area contributed by atoms with Crippen molar-refractivity contribution in [1.82, 2.24) is 23.5 Å². The molecule has 0 radical (unpaired) electrons. The Kier molecular flexibility index (Phi) is 5.52. The topological polar surface area (TPSA) is 211 Å². The van der Waals surface area contributed by atoms with Crippen LogP contribution in [0.4, 0.5) is 0 Å². The highest BCUT2D eigenvalue weighted by atomic mass is 16.6. The summed E-state index contributed by atoms with van der Waals surface area (Å²) < 4.78 is 9.68. The van der Waals surface area contributed by atoms with Gasteiger partial charge in [0.05, 0.1) is 30.4 Å². The lowest BCUT2D eigenvalue weighted by Gasteiger charge is -2.18. The number of nitrogens with two attached hydrogens (primary N) is 1. The van der Waals surface area contributed by atoms with Crippen LogP contribution in [0.15, 0.2) is 11.1 Å². The number of aliphatic hydroxyl groups excluding tert-OH is 4. The highest BCUT2D eigenvalue weighted by Gasteiger charge is 2.44. The minimum atomic E-state index is -1.54. The summed E-state index contributed by atoms with van der Waals surface area (Å²) in [5, 5.41) is 49.0. The van der Waals surface area contributed by atoms with Crippen molar-refractivity contribution in [3.8, 4) is 0 Å². The van der Waals surface area contributed by atoms with E-state index in [0.29, 0.717) is 5.69 Å². The molecule has 0 amide bonds. The van der Waals surface area contributed by atoms with Gasteiger partial charge in [0, 0.05) is 13.5 Å². The molecule has 32 heavy (non-hydrogen) atoms. The predicted molar refractivity (Wildman–Crippen MR) is 107 cm³/mol. The molecule has 0 saturated carbocycles. The van der Waals surface area contributed by atoms with Crippen molar-refractivity contribution in [2.24, 2.45) is 12.8 Å². The number of carboxylic acids is 1. The van der Waals surface area contributed by atoms with E-state index in [1.165, 1.54) is 19.9 Å². The number of imidazole rings is 2. The van der Waals surface area contributed by atoms with Crippen molar-refractivity contribution in [1.29, 1.82) is 0 Å². The van der Waals surface area contributed by atoms with Gasteiger partial charge in [-0.25, -0.2) is 14.4 Å². The largest absolute Gasteiger partial charge is 0.480 e. The zero-order valence-electron chi connectivity index (χ0n) is 17.2.